The predicted octanol–water partition coefficient (Wildman–Crippen LogP) is 3.28. The Morgan fingerprint density at radius 1 is 1.11 bits per heavy atom. The van der Waals surface area contributed by atoms with Crippen LogP contribution in [-0.4, -0.2) is 42.8 Å². The van der Waals surface area contributed by atoms with Crippen molar-refractivity contribution in [1.29, 1.82) is 0 Å². The molecule has 1 atom stereocenters. The number of rotatable bonds is 8. The molecule has 0 radical (unpaired) electrons. The fraction of sp³-hybridized carbons (Fsp3) is 1.00. The summed E-state index contributed by atoms with van der Waals surface area (Å²) in [4.78, 5) is 1.66. The second kappa shape index (κ2) is 6.93. The van der Waals surface area contributed by atoms with E-state index in [1.54, 1.807) is 4.90 Å². The minimum absolute atomic E-state index is 0.0344. The lowest BCUT2D eigenvalue weighted by Gasteiger charge is -2.35. The van der Waals surface area contributed by atoms with Crippen LogP contribution < -0.4 is 5.32 Å². The molecule has 0 heterocycles. The highest BCUT2D eigenvalue weighted by Gasteiger charge is 2.41. The van der Waals surface area contributed by atoms with Crippen LogP contribution in [0.25, 0.3) is 0 Å². The second-order valence-corrected chi connectivity index (χ2v) is 6.38. The summed E-state index contributed by atoms with van der Waals surface area (Å²) in [5.41, 5.74) is 0. The van der Waals surface area contributed by atoms with Crippen molar-refractivity contribution in [2.75, 3.05) is 19.6 Å². The summed E-state index contributed by atoms with van der Waals surface area (Å²) in [5, 5.41) is 3.31. The topological polar surface area (TPSA) is 15.3 Å². The summed E-state index contributed by atoms with van der Waals surface area (Å²) in [5.74, 6) is 0.743. The summed E-state index contributed by atoms with van der Waals surface area (Å²) >= 11 is 0. The van der Waals surface area contributed by atoms with Crippen molar-refractivity contribution in [1.82, 2.24) is 10.2 Å². The first-order valence-electron chi connectivity index (χ1n) is 7.24. The Bertz CT molecular complexity index is 260. The van der Waals surface area contributed by atoms with Crippen molar-refractivity contribution < 1.29 is 13.2 Å². The highest BCUT2D eigenvalue weighted by Crippen LogP contribution is 2.33. The van der Waals surface area contributed by atoms with Crippen LogP contribution in [0, 0.1) is 11.8 Å². The molecule has 0 bridgehead atoms. The molecule has 0 saturated heterocycles. The zero-order valence-corrected chi connectivity index (χ0v) is 12.4. The average molecular weight is 280 g/mol. The van der Waals surface area contributed by atoms with E-state index in [9.17, 15) is 13.2 Å². The van der Waals surface area contributed by atoms with Gasteiger partial charge < -0.3 is 5.32 Å². The Morgan fingerprint density at radius 3 is 2.05 bits per heavy atom. The number of nitrogens with one attached hydrogen (secondary N) is 1. The van der Waals surface area contributed by atoms with Gasteiger partial charge in [-0.2, -0.15) is 13.2 Å². The quantitative estimate of drug-likeness (QED) is 0.734. The SMILES string of the molecule is CC(C)CNCC(C(C)C)N(CC(F)(F)F)C1CC1. The molecule has 1 rings (SSSR count). The van der Waals surface area contributed by atoms with E-state index in [-0.39, 0.29) is 18.0 Å². The van der Waals surface area contributed by atoms with Gasteiger partial charge in [0.25, 0.3) is 0 Å². The van der Waals surface area contributed by atoms with Gasteiger partial charge in [0.1, 0.15) is 0 Å². The summed E-state index contributed by atoms with van der Waals surface area (Å²) in [6.07, 6.45) is -2.29. The molecule has 2 nitrogen and oxygen atoms in total. The normalized spacial score (nSPS) is 18.6. The maximum atomic E-state index is 12.7. The lowest BCUT2D eigenvalue weighted by molar-refractivity contribution is -0.154. The minimum atomic E-state index is -4.10. The number of halogens is 3. The van der Waals surface area contributed by atoms with E-state index in [0.29, 0.717) is 12.5 Å². The van der Waals surface area contributed by atoms with Crippen molar-refractivity contribution in [3.63, 3.8) is 0 Å². The first kappa shape index (κ1) is 16.8. The van der Waals surface area contributed by atoms with Crippen molar-refractivity contribution in [2.24, 2.45) is 11.8 Å². The lowest BCUT2D eigenvalue weighted by atomic mass is 10.0. The van der Waals surface area contributed by atoms with E-state index in [1.165, 1.54) is 0 Å². The van der Waals surface area contributed by atoms with Crippen molar-refractivity contribution in [2.45, 2.75) is 58.8 Å². The molecule has 0 aromatic carbocycles. The van der Waals surface area contributed by atoms with Gasteiger partial charge in [0.15, 0.2) is 0 Å². The van der Waals surface area contributed by atoms with Gasteiger partial charge in [0, 0.05) is 18.6 Å². The molecule has 0 amide bonds. The van der Waals surface area contributed by atoms with Crippen LogP contribution in [0.5, 0.6) is 0 Å². The molecule has 1 saturated carbocycles. The summed E-state index contributed by atoms with van der Waals surface area (Å²) in [6, 6.07) is 0.0998. The smallest absolute Gasteiger partial charge is 0.315 e. The molecule has 1 aliphatic carbocycles. The van der Waals surface area contributed by atoms with Crippen molar-refractivity contribution >= 4 is 0 Å². The van der Waals surface area contributed by atoms with Crippen LogP contribution >= 0.6 is 0 Å². The monoisotopic (exact) mass is 280 g/mol. The van der Waals surface area contributed by atoms with Crippen molar-refractivity contribution in [3.05, 3.63) is 0 Å². The summed E-state index contributed by atoms with van der Waals surface area (Å²) in [6.45, 7) is 8.94. The highest BCUT2D eigenvalue weighted by molar-refractivity contribution is 4.91. The van der Waals surface area contributed by atoms with Gasteiger partial charge in [-0.3, -0.25) is 4.90 Å². The largest absolute Gasteiger partial charge is 0.401 e. The molecule has 1 fully saturated rings. The van der Waals surface area contributed by atoms with E-state index >= 15 is 0 Å². The van der Waals surface area contributed by atoms with Crippen LogP contribution in [0.1, 0.15) is 40.5 Å². The van der Waals surface area contributed by atoms with Crippen molar-refractivity contribution in [3.8, 4) is 0 Å². The standard InChI is InChI=1S/C14H27F3N2/c1-10(2)7-18-8-13(11(3)4)19(12-5-6-12)9-14(15,16)17/h10-13,18H,5-9H2,1-4H3. The third-order valence-corrected chi connectivity index (χ3v) is 3.48. The van der Waals surface area contributed by atoms with Gasteiger partial charge in [0.05, 0.1) is 6.54 Å². The van der Waals surface area contributed by atoms with Gasteiger partial charge in [0.2, 0.25) is 0 Å². The van der Waals surface area contributed by atoms with E-state index in [2.05, 4.69) is 19.2 Å². The Balaban J connectivity index is 2.59. The second-order valence-electron chi connectivity index (χ2n) is 6.38. The molecule has 0 aromatic rings. The molecule has 0 aromatic heterocycles. The van der Waals surface area contributed by atoms with Gasteiger partial charge in [-0.05, 0) is 31.2 Å². The van der Waals surface area contributed by atoms with Crippen LogP contribution in [0.2, 0.25) is 0 Å². The Hall–Kier alpha value is -0.290. The predicted molar refractivity (Wildman–Crippen MR) is 72.1 cm³/mol. The first-order chi connectivity index (χ1) is 8.70. The molecule has 0 spiro atoms. The van der Waals surface area contributed by atoms with Crippen LogP contribution in [0.3, 0.4) is 0 Å². The van der Waals surface area contributed by atoms with Crippen LogP contribution in [-0.2, 0) is 0 Å². The van der Waals surface area contributed by atoms with Gasteiger partial charge in [-0.25, -0.2) is 0 Å². The number of hydrogen-bond donors (Lipinski definition) is 1. The molecule has 19 heavy (non-hydrogen) atoms. The summed E-state index contributed by atoms with van der Waals surface area (Å²) < 4.78 is 38.1. The van der Waals surface area contributed by atoms with E-state index in [0.717, 1.165) is 19.4 Å². The molecule has 5 heteroatoms. The zero-order chi connectivity index (χ0) is 14.6. The maximum absolute atomic E-state index is 12.7. The van der Waals surface area contributed by atoms with Crippen LogP contribution in [0.4, 0.5) is 13.2 Å². The minimum Gasteiger partial charge on any atom is -0.315 e. The fourth-order valence-corrected chi connectivity index (χ4v) is 2.39. The molecule has 1 aliphatic rings. The summed E-state index contributed by atoms with van der Waals surface area (Å²) in [7, 11) is 0. The van der Waals surface area contributed by atoms with Crippen LogP contribution in [0.15, 0.2) is 0 Å². The molecular formula is C14H27F3N2. The highest BCUT2D eigenvalue weighted by atomic mass is 19.4. The average Bonchev–Trinajstić information content (AvgIpc) is 3.02. The van der Waals surface area contributed by atoms with E-state index in [4.69, 9.17) is 0 Å². The molecule has 114 valence electrons. The number of nitrogens with zero attached hydrogens (tertiary/aromatic N) is 1. The van der Waals surface area contributed by atoms with E-state index < -0.39 is 12.7 Å². The molecule has 0 aliphatic heterocycles. The van der Waals surface area contributed by atoms with Gasteiger partial charge in [-0.1, -0.05) is 27.7 Å². The third kappa shape index (κ3) is 6.61. The maximum Gasteiger partial charge on any atom is 0.401 e. The third-order valence-electron chi connectivity index (χ3n) is 3.48. The van der Waals surface area contributed by atoms with Gasteiger partial charge in [-0.15, -0.1) is 0 Å². The molecular weight excluding hydrogens is 253 g/mol. The molecule has 1 unspecified atom stereocenters. The number of alkyl halides is 3. The Kier molecular flexibility index (Phi) is 6.12. The van der Waals surface area contributed by atoms with E-state index in [1.807, 2.05) is 13.8 Å². The molecule has 1 N–H and O–H groups in total. The number of hydrogen-bond acceptors (Lipinski definition) is 2. The fourth-order valence-electron chi connectivity index (χ4n) is 2.39. The lowest BCUT2D eigenvalue weighted by Crippen LogP contribution is -2.50. The van der Waals surface area contributed by atoms with Gasteiger partial charge >= 0.3 is 6.18 Å². The zero-order valence-electron chi connectivity index (χ0n) is 12.4. The Morgan fingerprint density at radius 2 is 1.68 bits per heavy atom. The Labute approximate surface area is 114 Å². The first-order valence-corrected chi connectivity index (χ1v) is 7.24.